The van der Waals surface area contributed by atoms with E-state index in [4.69, 9.17) is 9.26 Å². The van der Waals surface area contributed by atoms with Gasteiger partial charge in [-0.25, -0.2) is 4.98 Å². The van der Waals surface area contributed by atoms with Crippen molar-refractivity contribution in [3.05, 3.63) is 66.5 Å². The molecule has 0 atom stereocenters. The van der Waals surface area contributed by atoms with Gasteiger partial charge in [0.05, 0.1) is 7.11 Å². The fourth-order valence-electron chi connectivity index (χ4n) is 2.73. The number of methoxy groups -OCH3 is 1. The Morgan fingerprint density at radius 3 is 2.64 bits per heavy atom. The van der Waals surface area contributed by atoms with Gasteiger partial charge in [-0.3, -0.25) is 0 Å². The van der Waals surface area contributed by atoms with E-state index in [-0.39, 0.29) is 0 Å². The summed E-state index contributed by atoms with van der Waals surface area (Å²) in [4.78, 5) is 8.55. The summed E-state index contributed by atoms with van der Waals surface area (Å²) in [6, 6.07) is 17.8. The Balaban J connectivity index is 1.77. The Kier molecular flexibility index (Phi) is 4.00. The maximum atomic E-state index is 5.44. The van der Waals surface area contributed by atoms with Gasteiger partial charge in [0.25, 0.3) is 5.71 Å². The number of hydrogen-bond donors (Lipinski definition) is 1. The predicted molar refractivity (Wildman–Crippen MR) is 95.4 cm³/mol. The van der Waals surface area contributed by atoms with E-state index < -0.39 is 0 Å². The van der Waals surface area contributed by atoms with E-state index in [2.05, 4.69) is 32.6 Å². The zero-order chi connectivity index (χ0) is 17.1. The smallest absolute Gasteiger partial charge is 0.263 e. The van der Waals surface area contributed by atoms with Crippen molar-refractivity contribution < 1.29 is 9.26 Å². The molecule has 0 saturated carbocycles. The summed E-state index contributed by atoms with van der Waals surface area (Å²) in [5, 5.41) is 8.28. The molecule has 2 aromatic carbocycles. The topological polar surface area (TPSA) is 73.1 Å². The molecule has 2 aromatic heterocycles. The minimum absolute atomic E-state index is 0.437. The van der Waals surface area contributed by atoms with Crippen LogP contribution in [0.2, 0.25) is 0 Å². The lowest BCUT2D eigenvalue weighted by molar-refractivity contribution is 0.414. The van der Waals surface area contributed by atoms with Crippen molar-refractivity contribution in [1.82, 2.24) is 15.1 Å². The lowest BCUT2D eigenvalue weighted by atomic mass is 10.1. The van der Waals surface area contributed by atoms with Crippen LogP contribution >= 0.6 is 0 Å². The summed E-state index contributed by atoms with van der Waals surface area (Å²) in [5.74, 6) is 1.39. The van der Waals surface area contributed by atoms with Gasteiger partial charge in [-0.05, 0) is 17.7 Å². The standard InChI is InChI=1S/C19H16N4O2/c1-24-15-10-6-5-9-14(15)17-16-18(21-12-22-19(16)25-23-17)20-11-13-7-3-2-4-8-13/h2-10,12H,11H2,1H3,(H,20,21,22). The number of hydrogen-bond acceptors (Lipinski definition) is 6. The van der Waals surface area contributed by atoms with E-state index in [1.807, 2.05) is 42.5 Å². The van der Waals surface area contributed by atoms with Crippen molar-refractivity contribution in [2.24, 2.45) is 0 Å². The van der Waals surface area contributed by atoms with Crippen molar-refractivity contribution in [1.29, 1.82) is 0 Å². The molecular formula is C19H16N4O2. The van der Waals surface area contributed by atoms with Crippen LogP contribution in [0, 0.1) is 0 Å². The van der Waals surface area contributed by atoms with Crippen molar-refractivity contribution >= 4 is 16.9 Å². The highest BCUT2D eigenvalue weighted by Gasteiger charge is 2.19. The van der Waals surface area contributed by atoms with Crippen LogP contribution in [-0.2, 0) is 6.54 Å². The monoisotopic (exact) mass is 332 g/mol. The second-order valence-electron chi connectivity index (χ2n) is 5.47. The van der Waals surface area contributed by atoms with Crippen molar-refractivity contribution in [3.8, 4) is 17.0 Å². The van der Waals surface area contributed by atoms with E-state index in [1.54, 1.807) is 7.11 Å². The summed E-state index contributed by atoms with van der Waals surface area (Å²) in [6.07, 6.45) is 1.47. The number of fused-ring (bicyclic) bond motifs is 1. The van der Waals surface area contributed by atoms with E-state index in [0.29, 0.717) is 23.8 Å². The van der Waals surface area contributed by atoms with Gasteiger partial charge in [-0.1, -0.05) is 47.6 Å². The third kappa shape index (κ3) is 2.89. The Hall–Kier alpha value is -3.41. The summed E-state index contributed by atoms with van der Waals surface area (Å²) in [5.41, 5.74) is 3.08. The molecule has 25 heavy (non-hydrogen) atoms. The average Bonchev–Trinajstić information content (AvgIpc) is 3.12. The van der Waals surface area contributed by atoms with E-state index >= 15 is 0 Å². The number of nitrogens with one attached hydrogen (secondary N) is 1. The lowest BCUT2D eigenvalue weighted by Gasteiger charge is -2.08. The molecule has 0 spiro atoms. The molecule has 4 rings (SSSR count). The van der Waals surface area contributed by atoms with Crippen LogP contribution < -0.4 is 10.1 Å². The maximum Gasteiger partial charge on any atom is 0.263 e. The van der Waals surface area contributed by atoms with Crippen molar-refractivity contribution in [2.75, 3.05) is 12.4 Å². The molecule has 2 heterocycles. The molecule has 0 bridgehead atoms. The minimum Gasteiger partial charge on any atom is -0.496 e. The number of rotatable bonds is 5. The van der Waals surface area contributed by atoms with Gasteiger partial charge in [0.15, 0.2) is 0 Å². The highest BCUT2D eigenvalue weighted by Crippen LogP contribution is 2.36. The van der Waals surface area contributed by atoms with Gasteiger partial charge in [-0.15, -0.1) is 0 Å². The van der Waals surface area contributed by atoms with Crippen LogP contribution in [0.25, 0.3) is 22.4 Å². The molecule has 0 radical (unpaired) electrons. The van der Waals surface area contributed by atoms with Gasteiger partial charge in [-0.2, -0.15) is 4.98 Å². The van der Waals surface area contributed by atoms with Crippen molar-refractivity contribution in [2.45, 2.75) is 6.54 Å². The lowest BCUT2D eigenvalue weighted by Crippen LogP contribution is -2.02. The first-order chi connectivity index (χ1) is 12.4. The molecule has 6 heteroatoms. The number of aromatic nitrogens is 3. The molecule has 0 unspecified atom stereocenters. The van der Waals surface area contributed by atoms with Gasteiger partial charge < -0.3 is 14.6 Å². The largest absolute Gasteiger partial charge is 0.496 e. The fraction of sp³-hybridized carbons (Fsp3) is 0.105. The Morgan fingerprint density at radius 1 is 1.00 bits per heavy atom. The molecule has 0 fully saturated rings. The molecular weight excluding hydrogens is 316 g/mol. The number of nitrogens with zero attached hydrogens (tertiary/aromatic N) is 3. The zero-order valence-corrected chi connectivity index (χ0v) is 13.6. The molecule has 0 aliphatic rings. The molecule has 1 N–H and O–H groups in total. The predicted octanol–water partition coefficient (Wildman–Crippen LogP) is 3.91. The Bertz CT molecular complexity index is 999. The van der Waals surface area contributed by atoms with Crippen LogP contribution in [0.3, 0.4) is 0 Å². The number of ether oxygens (including phenoxy) is 1. The van der Waals surface area contributed by atoms with Crippen molar-refractivity contribution in [3.63, 3.8) is 0 Å². The fourth-order valence-corrected chi connectivity index (χ4v) is 2.73. The molecule has 124 valence electrons. The Labute approximate surface area is 144 Å². The second-order valence-corrected chi connectivity index (χ2v) is 5.47. The van der Waals surface area contributed by atoms with Crippen LogP contribution in [-0.4, -0.2) is 22.2 Å². The van der Waals surface area contributed by atoms with E-state index in [9.17, 15) is 0 Å². The number of para-hydroxylation sites is 1. The van der Waals surface area contributed by atoms with E-state index in [0.717, 1.165) is 22.3 Å². The molecule has 0 aliphatic carbocycles. The molecule has 6 nitrogen and oxygen atoms in total. The van der Waals surface area contributed by atoms with Gasteiger partial charge in [0.2, 0.25) is 0 Å². The highest BCUT2D eigenvalue weighted by atomic mass is 16.5. The van der Waals surface area contributed by atoms with Crippen LogP contribution in [0.1, 0.15) is 5.56 Å². The summed E-state index contributed by atoms with van der Waals surface area (Å²) in [6.45, 7) is 0.642. The molecule has 0 saturated heterocycles. The molecule has 0 amide bonds. The Morgan fingerprint density at radius 2 is 1.80 bits per heavy atom. The highest BCUT2D eigenvalue weighted by molar-refractivity contribution is 5.98. The normalized spacial score (nSPS) is 10.8. The first-order valence-electron chi connectivity index (χ1n) is 7.88. The molecule has 4 aromatic rings. The number of anilines is 1. The first kappa shape index (κ1) is 15.1. The van der Waals surface area contributed by atoms with E-state index in [1.165, 1.54) is 6.33 Å². The SMILES string of the molecule is COc1ccccc1-c1noc2ncnc(NCc3ccccc3)c12. The number of benzene rings is 2. The van der Waals surface area contributed by atoms with Gasteiger partial charge >= 0.3 is 0 Å². The second kappa shape index (κ2) is 6.60. The third-order valence-electron chi connectivity index (χ3n) is 3.94. The minimum atomic E-state index is 0.437. The first-order valence-corrected chi connectivity index (χ1v) is 7.88. The average molecular weight is 332 g/mol. The van der Waals surface area contributed by atoms with Crippen LogP contribution in [0.15, 0.2) is 65.4 Å². The third-order valence-corrected chi connectivity index (χ3v) is 3.94. The van der Waals surface area contributed by atoms with Gasteiger partial charge in [0.1, 0.15) is 29.0 Å². The van der Waals surface area contributed by atoms with Crippen LogP contribution in [0.5, 0.6) is 5.75 Å². The molecule has 0 aliphatic heterocycles. The summed E-state index contributed by atoms with van der Waals surface area (Å²) >= 11 is 0. The summed E-state index contributed by atoms with van der Waals surface area (Å²) < 4.78 is 10.8. The summed E-state index contributed by atoms with van der Waals surface area (Å²) in [7, 11) is 1.63. The maximum absolute atomic E-state index is 5.44. The van der Waals surface area contributed by atoms with Gasteiger partial charge in [0, 0.05) is 12.1 Å². The zero-order valence-electron chi connectivity index (χ0n) is 13.6. The van der Waals surface area contributed by atoms with Crippen LogP contribution in [0.4, 0.5) is 5.82 Å². The quantitative estimate of drug-likeness (QED) is 0.597.